The van der Waals surface area contributed by atoms with E-state index in [1.165, 1.54) is 11.8 Å². The van der Waals surface area contributed by atoms with Crippen molar-refractivity contribution in [2.75, 3.05) is 17.4 Å². The second-order valence-electron chi connectivity index (χ2n) is 7.88. The summed E-state index contributed by atoms with van der Waals surface area (Å²) in [4.78, 5) is 31.9. The Morgan fingerprint density at radius 3 is 2.61 bits per heavy atom. The number of benzene rings is 2. The van der Waals surface area contributed by atoms with Crippen LogP contribution in [0.1, 0.15) is 37.8 Å². The Morgan fingerprint density at radius 2 is 1.88 bits per heavy atom. The number of hydrogen-bond donors (Lipinski definition) is 1. The van der Waals surface area contributed by atoms with Crippen molar-refractivity contribution in [2.45, 2.75) is 39.7 Å². The predicted molar refractivity (Wildman–Crippen MR) is 132 cm³/mol. The first-order chi connectivity index (χ1) is 16.0. The molecule has 2 amide bonds. The molecule has 33 heavy (non-hydrogen) atoms. The lowest BCUT2D eigenvalue weighted by Crippen LogP contribution is -2.36. The van der Waals surface area contributed by atoms with Crippen molar-refractivity contribution in [3.63, 3.8) is 0 Å². The van der Waals surface area contributed by atoms with Crippen LogP contribution >= 0.6 is 11.8 Å². The van der Waals surface area contributed by atoms with Gasteiger partial charge in [0.2, 0.25) is 12.7 Å². The highest BCUT2D eigenvalue weighted by molar-refractivity contribution is 8.14. The number of aryl methyl sites for hydroxylation is 1. The third-order valence-corrected chi connectivity index (χ3v) is 6.44. The van der Waals surface area contributed by atoms with E-state index in [1.54, 1.807) is 11.0 Å². The Labute approximate surface area is 197 Å². The molecule has 8 heteroatoms. The third-order valence-electron chi connectivity index (χ3n) is 5.50. The van der Waals surface area contributed by atoms with Gasteiger partial charge in [-0.3, -0.25) is 14.5 Å². The molecule has 0 aliphatic carbocycles. The van der Waals surface area contributed by atoms with Crippen LogP contribution in [0.15, 0.2) is 53.2 Å². The number of aliphatic imine (C=N–C) groups is 1. The molecule has 2 aliphatic heterocycles. The number of anilines is 1. The fourth-order valence-corrected chi connectivity index (χ4v) is 4.39. The summed E-state index contributed by atoms with van der Waals surface area (Å²) >= 11 is 1.26. The first-order valence-electron chi connectivity index (χ1n) is 11.0. The highest BCUT2D eigenvalue weighted by Crippen LogP contribution is 2.34. The number of amidine groups is 1. The number of carbonyl (C=O) groups excluding carboxylic acids is 2. The Bertz CT molecular complexity index is 1110. The molecular weight excluding hydrogens is 438 g/mol. The van der Waals surface area contributed by atoms with Gasteiger partial charge in [-0.25, -0.2) is 4.99 Å². The van der Waals surface area contributed by atoms with E-state index in [-0.39, 0.29) is 30.4 Å². The van der Waals surface area contributed by atoms with Gasteiger partial charge in [-0.15, -0.1) is 0 Å². The average Bonchev–Trinajstić information content (AvgIpc) is 3.41. The van der Waals surface area contributed by atoms with Gasteiger partial charge < -0.3 is 14.8 Å². The summed E-state index contributed by atoms with van der Waals surface area (Å²) in [6, 6.07) is 13.3. The van der Waals surface area contributed by atoms with Gasteiger partial charge in [0.05, 0.1) is 11.4 Å². The van der Waals surface area contributed by atoms with Crippen molar-refractivity contribution in [3.05, 3.63) is 59.3 Å². The average molecular weight is 466 g/mol. The molecule has 0 bridgehead atoms. The summed E-state index contributed by atoms with van der Waals surface area (Å²) in [6.45, 7) is 6.28. The standard InChI is InChI=1S/C25H27N3O4S/c1-4-18(5-2)26-23(29)14-33-25-27-20(12-17-8-11-21-22(13-17)32-15-31-21)24(30)28(25)19-9-6-16(3)7-10-19/h6-13,18H,4-5,14-15H2,1-3H3,(H,26,29)/b20-12-. The minimum Gasteiger partial charge on any atom is -0.454 e. The summed E-state index contributed by atoms with van der Waals surface area (Å²) in [6.07, 6.45) is 3.48. The van der Waals surface area contributed by atoms with Crippen LogP contribution in [0.25, 0.3) is 6.08 Å². The molecule has 0 saturated carbocycles. The largest absolute Gasteiger partial charge is 0.454 e. The van der Waals surface area contributed by atoms with E-state index in [1.807, 2.05) is 63.2 Å². The minimum absolute atomic E-state index is 0.0686. The molecule has 4 rings (SSSR count). The van der Waals surface area contributed by atoms with Crippen LogP contribution in [0, 0.1) is 6.92 Å². The number of thioether (sulfide) groups is 1. The summed E-state index contributed by atoms with van der Waals surface area (Å²) in [5.41, 5.74) is 2.90. The van der Waals surface area contributed by atoms with Crippen LogP contribution in [-0.4, -0.2) is 35.6 Å². The predicted octanol–water partition coefficient (Wildman–Crippen LogP) is 4.51. The highest BCUT2D eigenvalue weighted by atomic mass is 32.2. The van der Waals surface area contributed by atoms with E-state index in [9.17, 15) is 9.59 Å². The second-order valence-corrected chi connectivity index (χ2v) is 8.82. The van der Waals surface area contributed by atoms with Crippen molar-refractivity contribution in [3.8, 4) is 11.5 Å². The SMILES string of the molecule is CCC(CC)NC(=O)CSC1=N/C(=C\c2ccc3c(c2)OCO3)C(=O)N1c1ccc(C)cc1. The van der Waals surface area contributed by atoms with Crippen molar-refractivity contribution in [1.82, 2.24) is 5.32 Å². The molecule has 1 N–H and O–H groups in total. The van der Waals surface area contributed by atoms with Gasteiger partial charge in [-0.05, 0) is 55.7 Å². The van der Waals surface area contributed by atoms with Gasteiger partial charge in [0, 0.05) is 6.04 Å². The number of nitrogens with one attached hydrogen (secondary N) is 1. The zero-order chi connectivity index (χ0) is 23.4. The number of fused-ring (bicyclic) bond motifs is 1. The number of hydrogen-bond acceptors (Lipinski definition) is 6. The lowest BCUT2D eigenvalue weighted by atomic mass is 10.1. The maximum Gasteiger partial charge on any atom is 0.283 e. The molecule has 0 radical (unpaired) electrons. The third kappa shape index (κ3) is 5.22. The quantitative estimate of drug-likeness (QED) is 0.609. The summed E-state index contributed by atoms with van der Waals surface area (Å²) in [5.74, 6) is 1.20. The van der Waals surface area contributed by atoms with E-state index < -0.39 is 0 Å². The molecular formula is C25H27N3O4S. The van der Waals surface area contributed by atoms with Crippen molar-refractivity contribution in [2.24, 2.45) is 4.99 Å². The summed E-state index contributed by atoms with van der Waals surface area (Å²) in [7, 11) is 0. The molecule has 2 heterocycles. The van der Waals surface area contributed by atoms with Crippen LogP contribution in [0.4, 0.5) is 5.69 Å². The molecule has 2 aromatic carbocycles. The zero-order valence-electron chi connectivity index (χ0n) is 19.0. The number of rotatable bonds is 7. The monoisotopic (exact) mass is 465 g/mol. The normalized spacial score (nSPS) is 16.0. The van der Waals surface area contributed by atoms with E-state index in [0.717, 1.165) is 24.0 Å². The zero-order valence-corrected chi connectivity index (χ0v) is 19.8. The molecule has 7 nitrogen and oxygen atoms in total. The Balaban J connectivity index is 1.59. The van der Waals surface area contributed by atoms with E-state index >= 15 is 0 Å². The summed E-state index contributed by atoms with van der Waals surface area (Å²) < 4.78 is 10.8. The highest BCUT2D eigenvalue weighted by Gasteiger charge is 2.32. The van der Waals surface area contributed by atoms with Crippen molar-refractivity contribution in [1.29, 1.82) is 0 Å². The maximum atomic E-state index is 13.3. The van der Waals surface area contributed by atoms with E-state index in [0.29, 0.717) is 28.1 Å². The molecule has 0 atom stereocenters. The van der Waals surface area contributed by atoms with Crippen molar-refractivity contribution < 1.29 is 19.1 Å². The smallest absolute Gasteiger partial charge is 0.283 e. The first-order valence-corrected chi connectivity index (χ1v) is 12.0. The first kappa shape index (κ1) is 22.9. The molecule has 2 aromatic rings. The second kappa shape index (κ2) is 10.1. The van der Waals surface area contributed by atoms with Gasteiger partial charge >= 0.3 is 0 Å². The molecule has 0 aromatic heterocycles. The number of ether oxygens (including phenoxy) is 2. The Morgan fingerprint density at radius 1 is 1.15 bits per heavy atom. The lowest BCUT2D eigenvalue weighted by Gasteiger charge is -2.19. The fraction of sp³-hybridized carbons (Fsp3) is 0.320. The number of nitrogens with zero attached hydrogens (tertiary/aromatic N) is 2. The van der Waals surface area contributed by atoms with Gasteiger partial charge in [-0.1, -0.05) is 49.4 Å². The minimum atomic E-state index is -0.237. The van der Waals surface area contributed by atoms with Crippen LogP contribution in [0.5, 0.6) is 11.5 Å². The van der Waals surface area contributed by atoms with Crippen LogP contribution in [-0.2, 0) is 9.59 Å². The van der Waals surface area contributed by atoms with Gasteiger partial charge in [-0.2, -0.15) is 0 Å². The maximum absolute atomic E-state index is 13.3. The summed E-state index contributed by atoms with van der Waals surface area (Å²) in [5, 5.41) is 3.51. The van der Waals surface area contributed by atoms with Gasteiger partial charge in [0.1, 0.15) is 5.70 Å². The molecule has 0 fully saturated rings. The van der Waals surface area contributed by atoms with Crippen LogP contribution in [0.2, 0.25) is 0 Å². The lowest BCUT2D eigenvalue weighted by molar-refractivity contribution is -0.119. The van der Waals surface area contributed by atoms with Crippen LogP contribution in [0.3, 0.4) is 0 Å². The molecule has 0 unspecified atom stereocenters. The Hall–Kier alpha value is -3.26. The molecule has 2 aliphatic rings. The van der Waals surface area contributed by atoms with E-state index in [4.69, 9.17) is 9.47 Å². The van der Waals surface area contributed by atoms with Crippen LogP contribution < -0.4 is 19.7 Å². The molecule has 0 spiro atoms. The van der Waals surface area contributed by atoms with E-state index in [2.05, 4.69) is 10.3 Å². The number of carbonyl (C=O) groups is 2. The topological polar surface area (TPSA) is 80.2 Å². The van der Waals surface area contributed by atoms with Gasteiger partial charge in [0.15, 0.2) is 16.7 Å². The fourth-order valence-electron chi connectivity index (χ4n) is 3.57. The van der Waals surface area contributed by atoms with Gasteiger partial charge in [0.25, 0.3) is 5.91 Å². The molecule has 172 valence electrons. The molecule has 0 saturated heterocycles. The number of amides is 2. The van der Waals surface area contributed by atoms with Crippen molar-refractivity contribution >= 4 is 40.5 Å². The Kier molecular flexibility index (Phi) is 7.03.